The number of hydrogen-bond donors (Lipinski definition) is 1. The van der Waals surface area contributed by atoms with Gasteiger partial charge in [-0.05, 0) is 36.5 Å². The standard InChI is InChI=1S/C17H20FNO4/c1-23-10-17(16(21)22)6-7-19(9-17)15(20)14-8-13(14)11-2-4-12(18)5-3-11/h2-5,13-14H,6-10H2,1H3,(H,21,22). The minimum Gasteiger partial charge on any atom is -0.481 e. The molecule has 0 radical (unpaired) electrons. The minimum absolute atomic E-state index is 0.00134. The molecule has 3 rings (SSSR count). The van der Waals surface area contributed by atoms with Gasteiger partial charge in [0.2, 0.25) is 5.91 Å². The third-order valence-corrected chi connectivity index (χ3v) is 4.95. The fraction of sp³-hybridized carbons (Fsp3) is 0.529. The van der Waals surface area contributed by atoms with Crippen molar-refractivity contribution in [3.63, 3.8) is 0 Å². The normalized spacial score (nSPS) is 29.6. The van der Waals surface area contributed by atoms with Crippen LogP contribution in [0.3, 0.4) is 0 Å². The molecule has 0 aromatic heterocycles. The Morgan fingerprint density at radius 2 is 2.09 bits per heavy atom. The summed E-state index contributed by atoms with van der Waals surface area (Å²) in [6, 6.07) is 6.23. The van der Waals surface area contributed by atoms with Gasteiger partial charge in [0.1, 0.15) is 11.2 Å². The Balaban J connectivity index is 1.64. The van der Waals surface area contributed by atoms with Crippen LogP contribution in [0.15, 0.2) is 24.3 Å². The first-order valence-electron chi connectivity index (χ1n) is 7.73. The SMILES string of the molecule is COCC1(C(=O)O)CCN(C(=O)C2CC2c2ccc(F)cc2)C1. The van der Waals surface area contributed by atoms with Crippen molar-refractivity contribution in [3.8, 4) is 0 Å². The van der Waals surface area contributed by atoms with Crippen LogP contribution in [0.25, 0.3) is 0 Å². The highest BCUT2D eigenvalue weighted by Gasteiger charge is 2.51. The number of carboxylic acid groups (broad SMARTS) is 1. The number of hydrogen-bond acceptors (Lipinski definition) is 3. The summed E-state index contributed by atoms with van der Waals surface area (Å²) in [6.45, 7) is 0.751. The summed E-state index contributed by atoms with van der Waals surface area (Å²) in [6.07, 6.45) is 1.15. The zero-order valence-electron chi connectivity index (χ0n) is 13.0. The van der Waals surface area contributed by atoms with Crippen LogP contribution in [-0.4, -0.2) is 48.7 Å². The number of methoxy groups -OCH3 is 1. The minimum atomic E-state index is -0.995. The number of carbonyl (C=O) groups excluding carboxylic acids is 1. The van der Waals surface area contributed by atoms with Crippen LogP contribution in [0.2, 0.25) is 0 Å². The number of ether oxygens (including phenoxy) is 1. The summed E-state index contributed by atoms with van der Waals surface area (Å²) in [5.74, 6) is -1.21. The van der Waals surface area contributed by atoms with Gasteiger partial charge >= 0.3 is 5.97 Å². The average Bonchev–Trinajstić information content (AvgIpc) is 3.20. The Hall–Kier alpha value is -1.95. The van der Waals surface area contributed by atoms with Gasteiger partial charge in [0.25, 0.3) is 0 Å². The highest BCUT2D eigenvalue weighted by atomic mass is 19.1. The van der Waals surface area contributed by atoms with Crippen molar-refractivity contribution in [1.82, 2.24) is 4.90 Å². The smallest absolute Gasteiger partial charge is 0.313 e. The van der Waals surface area contributed by atoms with Gasteiger partial charge in [-0.25, -0.2) is 4.39 Å². The molecule has 1 saturated carbocycles. The summed E-state index contributed by atoms with van der Waals surface area (Å²) in [7, 11) is 1.47. The van der Waals surface area contributed by atoms with E-state index in [0.717, 1.165) is 12.0 Å². The van der Waals surface area contributed by atoms with E-state index in [2.05, 4.69) is 0 Å². The van der Waals surface area contributed by atoms with Crippen molar-refractivity contribution in [3.05, 3.63) is 35.6 Å². The number of carbonyl (C=O) groups is 2. The van der Waals surface area contributed by atoms with Gasteiger partial charge in [0.15, 0.2) is 0 Å². The zero-order chi connectivity index (χ0) is 16.6. The summed E-state index contributed by atoms with van der Waals surface area (Å²) < 4.78 is 18.0. The molecular formula is C17H20FNO4. The molecule has 2 fully saturated rings. The fourth-order valence-corrected chi connectivity index (χ4v) is 3.47. The number of aliphatic carboxylic acids is 1. The molecule has 124 valence electrons. The molecule has 5 nitrogen and oxygen atoms in total. The Labute approximate surface area is 134 Å². The van der Waals surface area contributed by atoms with Crippen LogP contribution < -0.4 is 0 Å². The third kappa shape index (κ3) is 2.95. The highest BCUT2D eigenvalue weighted by molar-refractivity contribution is 5.85. The molecule has 1 saturated heterocycles. The van der Waals surface area contributed by atoms with Crippen molar-refractivity contribution in [1.29, 1.82) is 0 Å². The number of halogens is 1. The first kappa shape index (κ1) is 15.9. The van der Waals surface area contributed by atoms with E-state index in [0.29, 0.717) is 13.0 Å². The van der Waals surface area contributed by atoms with Crippen LogP contribution >= 0.6 is 0 Å². The van der Waals surface area contributed by atoms with Crippen LogP contribution in [0.5, 0.6) is 0 Å². The van der Waals surface area contributed by atoms with E-state index >= 15 is 0 Å². The molecule has 6 heteroatoms. The molecule has 1 aromatic rings. The molecule has 0 bridgehead atoms. The van der Waals surface area contributed by atoms with Crippen LogP contribution in [0.4, 0.5) is 4.39 Å². The van der Waals surface area contributed by atoms with E-state index in [1.807, 2.05) is 0 Å². The molecular weight excluding hydrogens is 301 g/mol. The van der Waals surface area contributed by atoms with Gasteiger partial charge in [-0.2, -0.15) is 0 Å². The number of amides is 1. The summed E-state index contributed by atoms with van der Waals surface area (Å²) in [5.41, 5.74) is -0.0321. The molecule has 1 N–H and O–H groups in total. The molecule has 1 aromatic carbocycles. The van der Waals surface area contributed by atoms with Gasteiger partial charge in [-0.1, -0.05) is 12.1 Å². The maximum absolute atomic E-state index is 13.0. The third-order valence-electron chi connectivity index (χ3n) is 4.95. The van der Waals surface area contributed by atoms with Gasteiger partial charge in [0.05, 0.1) is 6.61 Å². The monoisotopic (exact) mass is 321 g/mol. The second-order valence-corrected chi connectivity index (χ2v) is 6.53. The Morgan fingerprint density at radius 3 is 2.70 bits per heavy atom. The fourth-order valence-electron chi connectivity index (χ4n) is 3.47. The molecule has 1 amide bonds. The van der Waals surface area contributed by atoms with Gasteiger partial charge in [0, 0.05) is 26.1 Å². The van der Waals surface area contributed by atoms with Crippen molar-refractivity contribution < 1.29 is 23.8 Å². The summed E-state index contributed by atoms with van der Waals surface area (Å²) >= 11 is 0. The van der Waals surface area contributed by atoms with Gasteiger partial charge in [-0.3, -0.25) is 9.59 Å². The van der Waals surface area contributed by atoms with E-state index in [9.17, 15) is 19.1 Å². The molecule has 3 atom stereocenters. The number of carboxylic acids is 1. The summed E-state index contributed by atoms with van der Waals surface area (Å²) in [4.78, 5) is 25.8. The molecule has 0 spiro atoms. The topological polar surface area (TPSA) is 66.8 Å². The lowest BCUT2D eigenvalue weighted by molar-refractivity contribution is -0.151. The van der Waals surface area contributed by atoms with E-state index in [1.54, 1.807) is 17.0 Å². The van der Waals surface area contributed by atoms with E-state index in [1.165, 1.54) is 19.2 Å². The number of rotatable bonds is 5. The van der Waals surface area contributed by atoms with E-state index in [-0.39, 0.29) is 36.7 Å². The number of likely N-dealkylation sites (tertiary alicyclic amines) is 1. The Morgan fingerprint density at radius 1 is 1.39 bits per heavy atom. The first-order valence-corrected chi connectivity index (χ1v) is 7.73. The second-order valence-electron chi connectivity index (χ2n) is 6.53. The number of nitrogens with zero attached hydrogens (tertiary/aromatic N) is 1. The lowest BCUT2D eigenvalue weighted by Crippen LogP contribution is -2.40. The second kappa shape index (κ2) is 5.92. The predicted molar refractivity (Wildman–Crippen MR) is 80.4 cm³/mol. The van der Waals surface area contributed by atoms with Crippen LogP contribution in [0.1, 0.15) is 24.3 Å². The molecule has 1 heterocycles. The lowest BCUT2D eigenvalue weighted by atomic mass is 9.88. The van der Waals surface area contributed by atoms with Crippen molar-refractivity contribution in [2.75, 3.05) is 26.8 Å². The maximum atomic E-state index is 13.0. The Kier molecular flexibility index (Phi) is 4.10. The van der Waals surface area contributed by atoms with Crippen molar-refractivity contribution >= 4 is 11.9 Å². The van der Waals surface area contributed by atoms with Crippen molar-refractivity contribution in [2.45, 2.75) is 18.8 Å². The van der Waals surface area contributed by atoms with Crippen LogP contribution in [0, 0.1) is 17.2 Å². The Bertz CT molecular complexity index is 618. The van der Waals surface area contributed by atoms with E-state index < -0.39 is 11.4 Å². The van der Waals surface area contributed by atoms with Crippen LogP contribution in [-0.2, 0) is 14.3 Å². The number of benzene rings is 1. The molecule has 3 unspecified atom stereocenters. The predicted octanol–water partition coefficient (Wildman–Crippen LogP) is 1.88. The van der Waals surface area contributed by atoms with E-state index in [4.69, 9.17) is 4.74 Å². The average molecular weight is 321 g/mol. The largest absolute Gasteiger partial charge is 0.481 e. The van der Waals surface area contributed by atoms with Gasteiger partial charge in [-0.15, -0.1) is 0 Å². The molecule has 1 aliphatic carbocycles. The lowest BCUT2D eigenvalue weighted by Gasteiger charge is -2.24. The first-order chi connectivity index (χ1) is 11.0. The van der Waals surface area contributed by atoms with Crippen molar-refractivity contribution in [2.24, 2.45) is 11.3 Å². The zero-order valence-corrected chi connectivity index (χ0v) is 13.0. The molecule has 2 aliphatic rings. The summed E-state index contributed by atoms with van der Waals surface area (Å²) in [5, 5.41) is 9.45. The highest BCUT2D eigenvalue weighted by Crippen LogP contribution is 2.49. The molecule has 1 aliphatic heterocycles. The molecule has 23 heavy (non-hydrogen) atoms. The van der Waals surface area contributed by atoms with Gasteiger partial charge < -0.3 is 14.7 Å². The quantitative estimate of drug-likeness (QED) is 0.899. The maximum Gasteiger partial charge on any atom is 0.313 e.